The van der Waals surface area contributed by atoms with Crippen LogP contribution in [0.5, 0.6) is 0 Å². The van der Waals surface area contributed by atoms with Crippen LogP contribution in [0.3, 0.4) is 0 Å². The Morgan fingerprint density at radius 1 is 1.14 bits per heavy atom. The smallest absolute Gasteiger partial charge is 0.335 e. The molecular formula is C12H9F3N6. The van der Waals surface area contributed by atoms with Gasteiger partial charge < -0.3 is 5.32 Å². The zero-order valence-corrected chi connectivity index (χ0v) is 10.8. The van der Waals surface area contributed by atoms with E-state index in [2.05, 4.69) is 25.4 Å². The lowest BCUT2D eigenvalue weighted by Gasteiger charge is -2.05. The molecule has 3 rings (SSSR count). The van der Waals surface area contributed by atoms with Crippen molar-refractivity contribution < 1.29 is 13.2 Å². The van der Waals surface area contributed by atoms with E-state index in [1.54, 1.807) is 0 Å². The van der Waals surface area contributed by atoms with E-state index in [1.165, 1.54) is 31.6 Å². The van der Waals surface area contributed by atoms with Crippen LogP contribution in [0.4, 0.5) is 19.0 Å². The van der Waals surface area contributed by atoms with Crippen molar-refractivity contribution in [1.82, 2.24) is 24.7 Å². The summed E-state index contributed by atoms with van der Waals surface area (Å²) in [6.07, 6.45) is 2.49. The molecule has 0 aliphatic carbocycles. The summed E-state index contributed by atoms with van der Waals surface area (Å²) in [6, 6.07) is 2.67. The number of pyridine rings is 1. The molecule has 0 aliphatic heterocycles. The lowest BCUT2D eigenvalue weighted by atomic mass is 10.2. The number of anilines is 1. The maximum Gasteiger partial charge on any atom is 0.335 e. The van der Waals surface area contributed by atoms with Crippen LogP contribution in [0.25, 0.3) is 22.6 Å². The average molecular weight is 294 g/mol. The third kappa shape index (κ3) is 2.26. The first-order chi connectivity index (χ1) is 10.1. The molecule has 0 amide bonds. The predicted molar refractivity (Wildman–Crippen MR) is 69.3 cm³/mol. The molecule has 0 saturated carbocycles. The van der Waals surface area contributed by atoms with Gasteiger partial charge in [-0.05, 0) is 12.1 Å². The fourth-order valence-corrected chi connectivity index (χ4v) is 1.86. The van der Waals surface area contributed by atoms with Gasteiger partial charge in [-0.3, -0.25) is 0 Å². The molecule has 3 heterocycles. The molecule has 9 heteroatoms. The van der Waals surface area contributed by atoms with Gasteiger partial charge in [-0.1, -0.05) is 0 Å². The van der Waals surface area contributed by atoms with E-state index < -0.39 is 12.4 Å². The van der Waals surface area contributed by atoms with Crippen molar-refractivity contribution in [3.05, 3.63) is 30.3 Å². The summed E-state index contributed by atoms with van der Waals surface area (Å²) in [5.41, 5.74) is 0.905. The largest absolute Gasteiger partial charge is 0.371 e. The summed E-state index contributed by atoms with van der Waals surface area (Å²) in [7, 11) is 1.54. The van der Waals surface area contributed by atoms with Gasteiger partial charge in [0.15, 0.2) is 17.3 Å². The number of nitrogens with one attached hydrogen (secondary N) is 1. The SMILES string of the molecule is CNc1nc(-c2cnc3c(cnn3C(F)F)n2)ccc1F. The first kappa shape index (κ1) is 13.3. The maximum absolute atomic E-state index is 13.4. The lowest BCUT2D eigenvalue weighted by molar-refractivity contribution is 0.0608. The van der Waals surface area contributed by atoms with E-state index in [4.69, 9.17) is 0 Å². The minimum Gasteiger partial charge on any atom is -0.371 e. The quantitative estimate of drug-likeness (QED) is 0.803. The van der Waals surface area contributed by atoms with Crippen molar-refractivity contribution >= 4 is 17.0 Å². The predicted octanol–water partition coefficient (Wildman–Crippen LogP) is 2.46. The summed E-state index contributed by atoms with van der Waals surface area (Å²) in [4.78, 5) is 12.1. The van der Waals surface area contributed by atoms with E-state index in [-0.39, 0.29) is 17.0 Å². The van der Waals surface area contributed by atoms with Gasteiger partial charge in [0.05, 0.1) is 18.1 Å². The molecule has 0 aliphatic rings. The Hall–Kier alpha value is -2.71. The molecule has 1 N–H and O–H groups in total. The first-order valence-corrected chi connectivity index (χ1v) is 5.93. The van der Waals surface area contributed by atoms with E-state index >= 15 is 0 Å². The number of rotatable bonds is 3. The van der Waals surface area contributed by atoms with E-state index in [0.29, 0.717) is 16.1 Å². The highest BCUT2D eigenvalue weighted by Gasteiger charge is 2.15. The second-order valence-electron chi connectivity index (χ2n) is 4.11. The Balaban J connectivity index is 2.09. The Morgan fingerprint density at radius 3 is 2.67 bits per heavy atom. The molecular weight excluding hydrogens is 285 g/mol. The molecule has 3 aromatic rings. The van der Waals surface area contributed by atoms with E-state index in [1.807, 2.05) is 0 Å². The second kappa shape index (κ2) is 5.00. The number of hydrogen-bond donors (Lipinski definition) is 1. The Kier molecular flexibility index (Phi) is 3.16. The molecule has 0 spiro atoms. The van der Waals surface area contributed by atoms with Crippen LogP contribution >= 0.6 is 0 Å². The zero-order valence-electron chi connectivity index (χ0n) is 10.8. The number of nitrogens with zero attached hydrogens (tertiary/aromatic N) is 5. The van der Waals surface area contributed by atoms with Crippen LogP contribution in [0.15, 0.2) is 24.5 Å². The maximum atomic E-state index is 13.4. The van der Waals surface area contributed by atoms with E-state index in [9.17, 15) is 13.2 Å². The van der Waals surface area contributed by atoms with Crippen molar-refractivity contribution in [2.45, 2.75) is 6.55 Å². The molecule has 0 bridgehead atoms. The van der Waals surface area contributed by atoms with Crippen LogP contribution in [-0.2, 0) is 0 Å². The third-order valence-electron chi connectivity index (χ3n) is 2.83. The number of hydrogen-bond acceptors (Lipinski definition) is 5. The van der Waals surface area contributed by atoms with Gasteiger partial charge in [0, 0.05) is 7.05 Å². The number of fused-ring (bicyclic) bond motifs is 1. The molecule has 0 aromatic carbocycles. The van der Waals surface area contributed by atoms with Gasteiger partial charge in [0.25, 0.3) is 0 Å². The van der Waals surface area contributed by atoms with Crippen molar-refractivity contribution in [2.75, 3.05) is 12.4 Å². The minimum absolute atomic E-state index is 0.0234. The number of alkyl halides is 2. The van der Waals surface area contributed by atoms with Gasteiger partial charge in [0.1, 0.15) is 11.2 Å². The molecule has 108 valence electrons. The molecule has 0 unspecified atom stereocenters. The highest BCUT2D eigenvalue weighted by atomic mass is 19.3. The Labute approximate surface area is 116 Å². The van der Waals surface area contributed by atoms with Crippen LogP contribution < -0.4 is 5.32 Å². The van der Waals surface area contributed by atoms with Crippen LogP contribution in [0, 0.1) is 5.82 Å². The summed E-state index contributed by atoms with van der Waals surface area (Å²) in [5, 5.41) is 6.14. The van der Waals surface area contributed by atoms with Crippen molar-refractivity contribution in [3.8, 4) is 11.4 Å². The summed E-state index contributed by atoms with van der Waals surface area (Å²) in [5.74, 6) is -0.432. The van der Waals surface area contributed by atoms with E-state index in [0.717, 1.165) is 0 Å². The normalized spacial score (nSPS) is 11.3. The minimum atomic E-state index is -2.79. The number of halogens is 3. The Morgan fingerprint density at radius 2 is 1.95 bits per heavy atom. The first-order valence-electron chi connectivity index (χ1n) is 5.93. The summed E-state index contributed by atoms with van der Waals surface area (Å²) < 4.78 is 39.2. The molecule has 0 atom stereocenters. The molecule has 6 nitrogen and oxygen atoms in total. The second-order valence-corrected chi connectivity index (χ2v) is 4.11. The Bertz CT molecular complexity index is 801. The van der Waals surface area contributed by atoms with Crippen LogP contribution in [0.2, 0.25) is 0 Å². The van der Waals surface area contributed by atoms with Crippen molar-refractivity contribution in [2.24, 2.45) is 0 Å². The molecule has 0 fully saturated rings. The highest BCUT2D eigenvalue weighted by molar-refractivity contribution is 5.73. The van der Waals surface area contributed by atoms with Gasteiger partial charge >= 0.3 is 6.55 Å². The summed E-state index contributed by atoms with van der Waals surface area (Å²) in [6.45, 7) is -2.79. The number of aromatic nitrogens is 5. The summed E-state index contributed by atoms with van der Waals surface area (Å²) >= 11 is 0. The molecule has 3 aromatic heterocycles. The van der Waals surface area contributed by atoms with Crippen LogP contribution in [0.1, 0.15) is 6.55 Å². The van der Waals surface area contributed by atoms with Crippen molar-refractivity contribution in [3.63, 3.8) is 0 Å². The molecule has 21 heavy (non-hydrogen) atoms. The molecule has 0 saturated heterocycles. The van der Waals surface area contributed by atoms with Gasteiger partial charge in [-0.25, -0.2) is 19.3 Å². The fourth-order valence-electron chi connectivity index (χ4n) is 1.86. The topological polar surface area (TPSA) is 68.5 Å². The van der Waals surface area contributed by atoms with Crippen LogP contribution in [-0.4, -0.2) is 31.8 Å². The van der Waals surface area contributed by atoms with Crippen molar-refractivity contribution in [1.29, 1.82) is 0 Å². The van der Waals surface area contributed by atoms with Gasteiger partial charge in [0.2, 0.25) is 0 Å². The monoisotopic (exact) mass is 294 g/mol. The molecule has 0 radical (unpaired) electrons. The van der Waals surface area contributed by atoms with Gasteiger partial charge in [-0.15, -0.1) is 0 Å². The highest BCUT2D eigenvalue weighted by Crippen LogP contribution is 2.22. The fraction of sp³-hybridized carbons (Fsp3) is 0.167. The third-order valence-corrected chi connectivity index (χ3v) is 2.83. The zero-order chi connectivity index (χ0) is 15.0. The average Bonchev–Trinajstić information content (AvgIpc) is 2.91. The van der Waals surface area contributed by atoms with Gasteiger partial charge in [-0.2, -0.15) is 18.6 Å². The lowest BCUT2D eigenvalue weighted by Crippen LogP contribution is -2.02. The standard InChI is InChI=1S/C12H9F3N6/c1-16-10-6(13)2-3-7(20-10)8-4-17-11-9(19-8)5-18-21(11)12(14)15/h2-5,12H,1H3,(H,16,20).